The smallest absolute Gasteiger partial charge is 0.321 e. The Morgan fingerprint density at radius 2 is 1.50 bits per heavy atom. The average molecular weight is 443 g/mol. The summed E-state index contributed by atoms with van der Waals surface area (Å²) < 4.78 is 18.8. The lowest BCUT2D eigenvalue weighted by molar-refractivity contribution is -0.145. The maximum absolute atomic E-state index is 13.3. The second-order valence-corrected chi connectivity index (χ2v) is 6.53. The van der Waals surface area contributed by atoms with Crippen LogP contribution in [0.15, 0.2) is 78.9 Å². The second-order valence-electron chi connectivity index (χ2n) is 6.12. The zero-order valence-electron chi connectivity index (χ0n) is 16.2. The highest BCUT2D eigenvalue weighted by Gasteiger charge is 2.33. The van der Waals surface area contributed by atoms with Gasteiger partial charge in [-0.25, -0.2) is 0 Å². The van der Waals surface area contributed by atoms with Crippen molar-refractivity contribution in [3.05, 3.63) is 101 Å². The zero-order valence-corrected chi connectivity index (χ0v) is 18.0. The van der Waals surface area contributed by atoms with Gasteiger partial charge in [0.25, 0.3) is 0 Å². The highest BCUT2D eigenvalue weighted by molar-refractivity contribution is 7.00. The van der Waals surface area contributed by atoms with Crippen LogP contribution in [-0.2, 0) is 20.7 Å². The molecule has 1 atom stereocenters. The SMILES string of the molecule is COc1cccc(Cl)c1C(=O)C(C(=O)OCc1ccccc1)c1ccccc1.O=P. The molecule has 5 nitrogen and oxygen atoms in total. The molecule has 0 fully saturated rings. The summed E-state index contributed by atoms with van der Waals surface area (Å²) >= 11 is 6.26. The molecule has 3 aromatic rings. The lowest BCUT2D eigenvalue weighted by Gasteiger charge is -2.18. The largest absolute Gasteiger partial charge is 0.496 e. The van der Waals surface area contributed by atoms with Crippen LogP contribution in [0.5, 0.6) is 5.75 Å². The minimum atomic E-state index is -1.14. The van der Waals surface area contributed by atoms with Gasteiger partial charge in [0.2, 0.25) is 0 Å². The number of esters is 1. The highest BCUT2D eigenvalue weighted by atomic mass is 35.5. The molecule has 0 amide bonds. The molecule has 0 radical (unpaired) electrons. The topological polar surface area (TPSA) is 69.7 Å². The van der Waals surface area contributed by atoms with Crippen molar-refractivity contribution < 1.29 is 23.6 Å². The van der Waals surface area contributed by atoms with Crippen LogP contribution >= 0.6 is 20.7 Å². The van der Waals surface area contributed by atoms with Crippen LogP contribution in [-0.4, -0.2) is 18.9 Å². The Balaban J connectivity index is 0.00000155. The van der Waals surface area contributed by atoms with E-state index in [4.69, 9.17) is 25.6 Å². The number of methoxy groups -OCH3 is 1. The Morgan fingerprint density at radius 3 is 2.10 bits per heavy atom. The van der Waals surface area contributed by atoms with E-state index >= 15 is 0 Å². The third-order valence-electron chi connectivity index (χ3n) is 4.30. The molecule has 3 rings (SSSR count). The van der Waals surface area contributed by atoms with Crippen LogP contribution < -0.4 is 4.74 Å². The van der Waals surface area contributed by atoms with Crippen molar-refractivity contribution in [3.63, 3.8) is 0 Å². The molecule has 7 heteroatoms. The standard InChI is InChI=1S/C23H19ClO4.HOP/c1-27-19-14-8-13-18(24)21(19)22(25)20(17-11-6-3-7-12-17)23(26)28-15-16-9-4-2-5-10-16;1-2/h2-14,20H,15H2,1H3;2H. The van der Waals surface area contributed by atoms with E-state index in [1.54, 1.807) is 51.6 Å². The number of halogens is 1. The normalized spacial score (nSPS) is 10.9. The van der Waals surface area contributed by atoms with Crippen molar-refractivity contribution >= 4 is 32.5 Å². The van der Waals surface area contributed by atoms with Gasteiger partial charge in [0.05, 0.1) is 17.7 Å². The summed E-state index contributed by atoms with van der Waals surface area (Å²) in [6.45, 7) is 0.0793. The molecule has 30 heavy (non-hydrogen) atoms. The third kappa shape index (κ3) is 5.76. The van der Waals surface area contributed by atoms with E-state index in [0.29, 0.717) is 11.3 Å². The van der Waals surface area contributed by atoms with Crippen molar-refractivity contribution in [1.29, 1.82) is 0 Å². The number of carbonyl (C=O) groups is 2. The molecule has 0 spiro atoms. The lowest BCUT2D eigenvalue weighted by atomic mass is 9.90. The average Bonchev–Trinajstić information content (AvgIpc) is 2.80. The van der Waals surface area contributed by atoms with Crippen molar-refractivity contribution in [2.45, 2.75) is 12.5 Å². The predicted molar refractivity (Wildman–Crippen MR) is 117 cm³/mol. The summed E-state index contributed by atoms with van der Waals surface area (Å²) in [4.78, 5) is 26.2. The van der Waals surface area contributed by atoms with E-state index in [0.717, 1.165) is 5.56 Å². The number of carbonyl (C=O) groups excluding carboxylic acids is 2. The van der Waals surface area contributed by atoms with Gasteiger partial charge in [0.15, 0.2) is 5.78 Å². The van der Waals surface area contributed by atoms with Gasteiger partial charge < -0.3 is 9.47 Å². The van der Waals surface area contributed by atoms with E-state index in [2.05, 4.69) is 0 Å². The molecule has 0 aliphatic heterocycles. The number of hydrogen-bond donors (Lipinski definition) is 0. The van der Waals surface area contributed by atoms with Crippen LogP contribution in [0.25, 0.3) is 0 Å². The maximum Gasteiger partial charge on any atom is 0.321 e. The summed E-state index contributed by atoms with van der Waals surface area (Å²) in [5.74, 6) is -1.93. The van der Waals surface area contributed by atoms with Gasteiger partial charge in [-0.2, -0.15) is 0 Å². The van der Waals surface area contributed by atoms with Gasteiger partial charge in [0.1, 0.15) is 27.4 Å². The van der Waals surface area contributed by atoms with Crippen LogP contribution in [0.1, 0.15) is 27.4 Å². The molecule has 0 saturated carbocycles. The van der Waals surface area contributed by atoms with E-state index in [9.17, 15) is 9.59 Å². The van der Waals surface area contributed by atoms with Crippen LogP contribution in [0.3, 0.4) is 0 Å². The van der Waals surface area contributed by atoms with E-state index in [1.807, 2.05) is 36.4 Å². The zero-order chi connectivity index (χ0) is 21.9. The first-order valence-corrected chi connectivity index (χ1v) is 9.73. The maximum atomic E-state index is 13.3. The van der Waals surface area contributed by atoms with E-state index < -0.39 is 17.7 Å². The predicted octanol–water partition coefficient (Wildman–Crippen LogP) is 5.53. The van der Waals surface area contributed by atoms with Gasteiger partial charge in [-0.3, -0.25) is 14.2 Å². The van der Waals surface area contributed by atoms with Crippen molar-refractivity contribution in [1.82, 2.24) is 0 Å². The molecule has 1 unspecified atom stereocenters. The molecule has 3 aromatic carbocycles. The molecular formula is C23H20ClO5P. The molecule has 0 aliphatic carbocycles. The monoisotopic (exact) mass is 442 g/mol. The second kappa shape index (κ2) is 11.9. The molecule has 0 aromatic heterocycles. The summed E-state index contributed by atoms with van der Waals surface area (Å²) in [7, 11) is 3.17. The third-order valence-corrected chi connectivity index (χ3v) is 4.61. The number of rotatable bonds is 7. The number of ketones is 1. The number of ether oxygens (including phenoxy) is 2. The van der Waals surface area contributed by atoms with E-state index in [1.165, 1.54) is 7.11 Å². The first-order valence-electron chi connectivity index (χ1n) is 8.94. The first-order chi connectivity index (χ1) is 14.6. The van der Waals surface area contributed by atoms with E-state index in [-0.39, 0.29) is 17.2 Å². The number of benzene rings is 3. The van der Waals surface area contributed by atoms with Crippen molar-refractivity contribution in [3.8, 4) is 5.75 Å². The first kappa shape index (κ1) is 23.3. The summed E-state index contributed by atoms with van der Waals surface area (Å²) in [6.07, 6.45) is 0. The highest BCUT2D eigenvalue weighted by Crippen LogP contribution is 2.32. The van der Waals surface area contributed by atoms with Crippen LogP contribution in [0, 0.1) is 0 Å². The van der Waals surface area contributed by atoms with Crippen molar-refractivity contribution in [2.24, 2.45) is 0 Å². The van der Waals surface area contributed by atoms with Crippen LogP contribution in [0.2, 0.25) is 5.02 Å². The van der Waals surface area contributed by atoms with Gasteiger partial charge in [-0.05, 0) is 23.3 Å². The lowest BCUT2D eigenvalue weighted by Crippen LogP contribution is -2.25. The quantitative estimate of drug-likeness (QED) is 0.208. The fourth-order valence-corrected chi connectivity index (χ4v) is 3.17. The molecule has 0 aliphatic rings. The summed E-state index contributed by atoms with van der Waals surface area (Å²) in [5, 5.41) is 0.223. The fourth-order valence-electron chi connectivity index (χ4n) is 2.91. The molecule has 154 valence electrons. The number of hydrogen-bond acceptors (Lipinski definition) is 5. The van der Waals surface area contributed by atoms with Gasteiger partial charge >= 0.3 is 5.97 Å². The minimum Gasteiger partial charge on any atom is -0.496 e. The Kier molecular flexibility index (Phi) is 9.20. The fraction of sp³-hybridized carbons (Fsp3) is 0.130. The van der Waals surface area contributed by atoms with Gasteiger partial charge in [-0.1, -0.05) is 78.3 Å². The number of Topliss-reactive ketones (excluding diaryl/α,β-unsaturated/α-hetero) is 1. The Bertz CT molecular complexity index is 979. The Hall–Kier alpha value is -3.01. The van der Waals surface area contributed by atoms with Crippen molar-refractivity contribution in [2.75, 3.05) is 7.11 Å². The molecule has 0 saturated heterocycles. The summed E-state index contributed by atoms with van der Waals surface area (Å²) in [6, 6.07) is 23.0. The van der Waals surface area contributed by atoms with Gasteiger partial charge in [-0.15, -0.1) is 0 Å². The molecule has 0 heterocycles. The molecular weight excluding hydrogens is 423 g/mol. The van der Waals surface area contributed by atoms with Gasteiger partial charge in [0, 0.05) is 0 Å². The molecule has 0 N–H and O–H groups in total. The summed E-state index contributed by atoms with van der Waals surface area (Å²) in [5.41, 5.74) is 1.54. The Labute approximate surface area is 182 Å². The Morgan fingerprint density at radius 1 is 0.900 bits per heavy atom. The minimum absolute atomic E-state index is 0.0793. The molecule has 0 bridgehead atoms. The van der Waals surface area contributed by atoms with Crippen LogP contribution in [0.4, 0.5) is 0 Å².